The summed E-state index contributed by atoms with van der Waals surface area (Å²) in [5, 5.41) is 9.16. The van der Waals surface area contributed by atoms with Crippen molar-refractivity contribution in [2.24, 2.45) is 0 Å². The van der Waals surface area contributed by atoms with Crippen molar-refractivity contribution < 1.29 is 12.8 Å². The molecule has 0 aliphatic carbocycles. The lowest BCUT2D eigenvalue weighted by Crippen LogP contribution is -2.03. The van der Waals surface area contributed by atoms with Gasteiger partial charge in [0, 0.05) is 10.0 Å². The number of halogens is 2. The van der Waals surface area contributed by atoms with Crippen molar-refractivity contribution in [2.45, 2.75) is 11.8 Å². The largest absolute Gasteiger partial charge is 0.218 e. The topological polar surface area (TPSA) is 57.9 Å². The molecule has 0 N–H and O–H groups in total. The molecule has 2 aromatic carbocycles. The molecule has 0 heterocycles. The minimum absolute atomic E-state index is 0.00317. The number of rotatable bonds is 3. The van der Waals surface area contributed by atoms with Gasteiger partial charge < -0.3 is 0 Å². The third-order valence-electron chi connectivity index (χ3n) is 2.98. The number of nitriles is 1. The maximum atomic E-state index is 13.8. The van der Waals surface area contributed by atoms with Gasteiger partial charge >= 0.3 is 0 Å². The van der Waals surface area contributed by atoms with E-state index in [2.05, 4.69) is 15.9 Å². The molecule has 0 aromatic heterocycles. The van der Waals surface area contributed by atoms with Gasteiger partial charge in [-0.2, -0.15) is 5.26 Å². The minimum Gasteiger partial charge on any atom is -0.218 e. The fourth-order valence-corrected chi connectivity index (χ4v) is 3.26. The van der Waals surface area contributed by atoms with E-state index in [9.17, 15) is 12.8 Å². The van der Waals surface area contributed by atoms with E-state index in [0.717, 1.165) is 11.6 Å². The van der Waals surface area contributed by atoms with Crippen molar-refractivity contribution in [3.63, 3.8) is 0 Å². The zero-order valence-corrected chi connectivity index (χ0v) is 13.9. The maximum absolute atomic E-state index is 13.8. The normalized spacial score (nSPS) is 12.0. The van der Waals surface area contributed by atoms with Gasteiger partial charge in [-0.1, -0.05) is 39.7 Å². The molecule has 0 unspecified atom stereocenters. The second-order valence-corrected chi connectivity index (χ2v) is 7.44. The molecule has 2 rings (SSSR count). The fourth-order valence-electron chi connectivity index (χ4n) is 1.77. The van der Waals surface area contributed by atoms with Gasteiger partial charge in [-0.25, -0.2) is 12.8 Å². The molecule has 22 heavy (non-hydrogen) atoms. The van der Waals surface area contributed by atoms with Crippen LogP contribution in [0.3, 0.4) is 0 Å². The molecular formula is C16H11BrFNO2S. The first-order chi connectivity index (χ1) is 10.3. The predicted octanol–water partition coefficient (Wildman–Crippen LogP) is 4.24. The third-order valence-corrected chi connectivity index (χ3v) is 5.15. The quantitative estimate of drug-likeness (QED) is 0.749. The van der Waals surface area contributed by atoms with Crippen LogP contribution in [0.25, 0.3) is 6.08 Å². The molecule has 0 aliphatic rings. The van der Waals surface area contributed by atoms with E-state index in [-0.39, 0.29) is 10.5 Å². The average Bonchev–Trinajstić information content (AvgIpc) is 2.46. The Morgan fingerprint density at radius 3 is 2.41 bits per heavy atom. The molecular weight excluding hydrogens is 369 g/mol. The second kappa shape index (κ2) is 6.42. The monoisotopic (exact) mass is 379 g/mol. The highest BCUT2D eigenvalue weighted by atomic mass is 79.9. The number of hydrogen-bond acceptors (Lipinski definition) is 3. The summed E-state index contributed by atoms with van der Waals surface area (Å²) >= 11 is 3.12. The fraction of sp³-hybridized carbons (Fsp3) is 0.0625. The van der Waals surface area contributed by atoms with Crippen molar-refractivity contribution in [1.82, 2.24) is 0 Å². The molecule has 0 atom stereocenters. The molecule has 0 amide bonds. The van der Waals surface area contributed by atoms with E-state index in [4.69, 9.17) is 5.26 Å². The molecule has 3 nitrogen and oxygen atoms in total. The summed E-state index contributed by atoms with van der Waals surface area (Å²) in [5.74, 6) is -0.610. The van der Waals surface area contributed by atoms with Crippen LogP contribution in [0.15, 0.2) is 56.7 Å². The Labute approximate surface area is 136 Å². The summed E-state index contributed by atoms with van der Waals surface area (Å²) in [4.78, 5) is -0.499. The minimum atomic E-state index is -3.97. The van der Waals surface area contributed by atoms with Crippen LogP contribution >= 0.6 is 15.9 Å². The number of allylic oxidation sites excluding steroid dienone is 1. The highest BCUT2D eigenvalue weighted by Crippen LogP contribution is 2.23. The van der Waals surface area contributed by atoms with Gasteiger partial charge in [0.05, 0.1) is 4.90 Å². The summed E-state index contributed by atoms with van der Waals surface area (Å²) < 4.78 is 39.2. The molecule has 0 bridgehead atoms. The molecule has 6 heteroatoms. The molecule has 0 saturated carbocycles. The molecule has 0 spiro atoms. The highest BCUT2D eigenvalue weighted by Gasteiger charge is 2.21. The number of aryl methyl sites for hydroxylation is 1. The Kier molecular flexibility index (Phi) is 4.79. The van der Waals surface area contributed by atoms with Gasteiger partial charge in [0.1, 0.15) is 16.8 Å². The summed E-state index contributed by atoms with van der Waals surface area (Å²) in [6.45, 7) is 1.83. The Bertz CT molecular complexity index is 881. The summed E-state index contributed by atoms with van der Waals surface area (Å²) in [5.41, 5.74) is 0.941. The third kappa shape index (κ3) is 3.43. The van der Waals surface area contributed by atoms with Crippen LogP contribution in [0.2, 0.25) is 0 Å². The smallest absolute Gasteiger partial charge is 0.216 e. The van der Waals surface area contributed by atoms with Crippen molar-refractivity contribution in [2.75, 3.05) is 0 Å². The van der Waals surface area contributed by atoms with Crippen molar-refractivity contribution in [1.29, 1.82) is 5.26 Å². The van der Waals surface area contributed by atoms with Gasteiger partial charge in [0.15, 0.2) is 0 Å². The molecule has 0 aliphatic heterocycles. The zero-order chi connectivity index (χ0) is 16.3. The SMILES string of the molecule is Cc1ccc(S(=O)(=O)/C(C#N)=C/c2ccc(Br)cc2F)cc1. The second-order valence-electron chi connectivity index (χ2n) is 4.60. The molecule has 0 radical (unpaired) electrons. The first kappa shape index (κ1) is 16.4. The molecule has 0 saturated heterocycles. The molecule has 0 fully saturated rings. The lowest BCUT2D eigenvalue weighted by Gasteiger charge is -2.04. The van der Waals surface area contributed by atoms with Crippen LogP contribution in [-0.2, 0) is 9.84 Å². The van der Waals surface area contributed by atoms with E-state index in [0.29, 0.717) is 4.47 Å². The van der Waals surface area contributed by atoms with E-state index in [1.807, 2.05) is 6.92 Å². The van der Waals surface area contributed by atoms with Crippen LogP contribution in [-0.4, -0.2) is 8.42 Å². The van der Waals surface area contributed by atoms with E-state index in [1.54, 1.807) is 24.3 Å². The lowest BCUT2D eigenvalue weighted by molar-refractivity contribution is 0.603. The van der Waals surface area contributed by atoms with Crippen molar-refractivity contribution in [3.8, 4) is 6.07 Å². The average molecular weight is 380 g/mol. The number of sulfone groups is 1. The van der Waals surface area contributed by atoms with E-state index >= 15 is 0 Å². The Balaban J connectivity index is 2.53. The molecule has 112 valence electrons. The lowest BCUT2D eigenvalue weighted by atomic mass is 10.2. The first-order valence-electron chi connectivity index (χ1n) is 6.23. The summed E-state index contributed by atoms with van der Waals surface area (Å²) in [6.07, 6.45) is 1.04. The van der Waals surface area contributed by atoms with E-state index < -0.39 is 20.6 Å². The standard InChI is InChI=1S/C16H11BrFNO2S/c1-11-2-6-14(7-3-11)22(20,21)15(10-19)8-12-4-5-13(17)9-16(12)18/h2-9H,1H3/b15-8+. The van der Waals surface area contributed by atoms with Crippen LogP contribution in [0.4, 0.5) is 4.39 Å². The Morgan fingerprint density at radius 2 is 1.86 bits per heavy atom. The zero-order valence-electron chi connectivity index (χ0n) is 11.5. The highest BCUT2D eigenvalue weighted by molar-refractivity contribution is 9.10. The summed E-state index contributed by atoms with van der Waals surface area (Å²) in [7, 11) is -3.97. The Morgan fingerprint density at radius 1 is 1.23 bits per heavy atom. The number of nitrogens with zero attached hydrogens (tertiary/aromatic N) is 1. The Hall–Kier alpha value is -1.97. The van der Waals surface area contributed by atoms with Gasteiger partial charge in [-0.15, -0.1) is 0 Å². The molecule has 2 aromatic rings. The van der Waals surface area contributed by atoms with Gasteiger partial charge in [0.2, 0.25) is 9.84 Å². The number of hydrogen-bond donors (Lipinski definition) is 0. The van der Waals surface area contributed by atoms with Gasteiger partial charge in [0.25, 0.3) is 0 Å². The maximum Gasteiger partial charge on any atom is 0.216 e. The predicted molar refractivity (Wildman–Crippen MR) is 86.1 cm³/mol. The van der Waals surface area contributed by atoms with Crippen LogP contribution in [0.5, 0.6) is 0 Å². The van der Waals surface area contributed by atoms with Gasteiger partial charge in [-0.3, -0.25) is 0 Å². The van der Waals surface area contributed by atoms with Crippen LogP contribution in [0, 0.1) is 24.1 Å². The van der Waals surface area contributed by atoms with Crippen molar-refractivity contribution >= 4 is 31.8 Å². The first-order valence-corrected chi connectivity index (χ1v) is 8.51. The van der Waals surface area contributed by atoms with Crippen molar-refractivity contribution in [3.05, 3.63) is 68.8 Å². The summed E-state index contributed by atoms with van der Waals surface area (Å²) in [6, 6.07) is 12.0. The van der Waals surface area contributed by atoms with Crippen LogP contribution < -0.4 is 0 Å². The van der Waals surface area contributed by atoms with Gasteiger partial charge in [-0.05, 0) is 37.3 Å². The van der Waals surface area contributed by atoms with Crippen LogP contribution in [0.1, 0.15) is 11.1 Å². The number of benzene rings is 2. The van der Waals surface area contributed by atoms with E-state index in [1.165, 1.54) is 24.3 Å².